The molecule has 1 aromatic rings. The first-order valence-electron chi connectivity index (χ1n) is 6.68. The van der Waals surface area contributed by atoms with Gasteiger partial charge in [0.15, 0.2) is 5.76 Å². The molecule has 2 heteroatoms. The van der Waals surface area contributed by atoms with E-state index in [-0.39, 0.29) is 17.5 Å². The standard InChI is InChI=1S/C18H18O2/c1-13(2)16-12-18(20)17(19)11-15(16)10-6-9-14-7-4-3-5-8-14/h3-13,19H,1-2H3. The van der Waals surface area contributed by atoms with Crippen molar-refractivity contribution in [2.24, 2.45) is 5.92 Å². The molecule has 102 valence electrons. The molecule has 0 saturated heterocycles. The van der Waals surface area contributed by atoms with Crippen LogP contribution >= 0.6 is 0 Å². The third kappa shape index (κ3) is 3.35. The SMILES string of the molecule is CC(C)C1=CC(=O)C(O)=CC1=CC=Cc1ccccc1. The second-order valence-electron chi connectivity index (χ2n) is 5.04. The number of hydrogen-bond acceptors (Lipinski definition) is 2. The van der Waals surface area contributed by atoms with Gasteiger partial charge in [0.05, 0.1) is 0 Å². The van der Waals surface area contributed by atoms with Gasteiger partial charge in [-0.15, -0.1) is 0 Å². The largest absolute Gasteiger partial charge is 0.504 e. The number of ketones is 1. The van der Waals surface area contributed by atoms with Gasteiger partial charge in [-0.25, -0.2) is 0 Å². The molecule has 2 rings (SSSR count). The van der Waals surface area contributed by atoms with Gasteiger partial charge in [-0.3, -0.25) is 4.79 Å². The predicted molar refractivity (Wildman–Crippen MR) is 82.2 cm³/mol. The van der Waals surface area contributed by atoms with Gasteiger partial charge >= 0.3 is 0 Å². The van der Waals surface area contributed by atoms with Gasteiger partial charge in [-0.1, -0.05) is 62.4 Å². The molecule has 0 radical (unpaired) electrons. The van der Waals surface area contributed by atoms with Gasteiger partial charge in [0.1, 0.15) is 0 Å². The second kappa shape index (κ2) is 6.20. The topological polar surface area (TPSA) is 37.3 Å². The molecule has 0 unspecified atom stereocenters. The molecule has 0 bridgehead atoms. The maximum absolute atomic E-state index is 11.5. The molecule has 0 aromatic heterocycles. The molecule has 0 atom stereocenters. The molecule has 0 spiro atoms. The van der Waals surface area contributed by atoms with Gasteiger partial charge in [0, 0.05) is 0 Å². The summed E-state index contributed by atoms with van der Waals surface area (Å²) in [6.45, 7) is 4.06. The molecule has 0 saturated carbocycles. The molecular weight excluding hydrogens is 248 g/mol. The Kier molecular flexibility index (Phi) is 4.36. The normalized spacial score (nSPS) is 17.8. The number of benzene rings is 1. The monoisotopic (exact) mass is 266 g/mol. The first-order chi connectivity index (χ1) is 9.58. The van der Waals surface area contributed by atoms with Gasteiger partial charge in [0.25, 0.3) is 0 Å². The predicted octanol–water partition coefficient (Wildman–Crippen LogP) is 4.23. The molecule has 2 nitrogen and oxygen atoms in total. The molecule has 1 aliphatic carbocycles. The number of carbonyl (C=O) groups is 1. The molecule has 0 heterocycles. The van der Waals surface area contributed by atoms with E-state index in [0.717, 1.165) is 16.7 Å². The Labute approximate surface area is 119 Å². The van der Waals surface area contributed by atoms with E-state index >= 15 is 0 Å². The second-order valence-corrected chi connectivity index (χ2v) is 5.04. The lowest BCUT2D eigenvalue weighted by Gasteiger charge is -2.16. The van der Waals surface area contributed by atoms with Crippen LogP contribution in [0.4, 0.5) is 0 Å². The van der Waals surface area contributed by atoms with Crippen molar-refractivity contribution in [2.45, 2.75) is 13.8 Å². The average molecular weight is 266 g/mol. The fourth-order valence-electron chi connectivity index (χ4n) is 2.07. The minimum atomic E-state index is -0.321. The van der Waals surface area contributed by atoms with E-state index < -0.39 is 0 Å². The number of aliphatic hydroxyl groups is 1. The highest BCUT2D eigenvalue weighted by Crippen LogP contribution is 2.26. The van der Waals surface area contributed by atoms with Crippen molar-refractivity contribution in [2.75, 3.05) is 0 Å². The Bertz CT molecular complexity index is 614. The minimum Gasteiger partial charge on any atom is -0.504 e. The zero-order valence-corrected chi connectivity index (χ0v) is 11.7. The molecule has 1 aromatic carbocycles. The maximum atomic E-state index is 11.5. The molecule has 20 heavy (non-hydrogen) atoms. The van der Waals surface area contributed by atoms with Crippen molar-refractivity contribution >= 4 is 11.9 Å². The van der Waals surface area contributed by atoms with Gasteiger partial charge < -0.3 is 5.11 Å². The van der Waals surface area contributed by atoms with Crippen LogP contribution in [0.2, 0.25) is 0 Å². The van der Waals surface area contributed by atoms with Crippen LogP contribution in [0, 0.1) is 5.92 Å². The van der Waals surface area contributed by atoms with E-state index in [2.05, 4.69) is 0 Å². The van der Waals surface area contributed by atoms with Crippen LogP contribution in [0.5, 0.6) is 0 Å². The van der Waals surface area contributed by atoms with Crippen molar-refractivity contribution < 1.29 is 9.90 Å². The molecule has 0 fully saturated rings. The summed E-state index contributed by atoms with van der Waals surface area (Å²) in [7, 11) is 0. The van der Waals surface area contributed by atoms with Crippen molar-refractivity contribution in [3.05, 3.63) is 77.1 Å². The minimum absolute atomic E-state index is 0.200. The summed E-state index contributed by atoms with van der Waals surface area (Å²) in [5, 5.41) is 9.57. The number of allylic oxidation sites excluding steroid dienone is 6. The Morgan fingerprint density at radius 1 is 1.10 bits per heavy atom. The van der Waals surface area contributed by atoms with E-state index in [1.807, 2.05) is 62.4 Å². The van der Waals surface area contributed by atoms with Crippen LogP contribution in [0.25, 0.3) is 6.08 Å². The summed E-state index contributed by atoms with van der Waals surface area (Å²) in [6.07, 6.45) is 8.89. The van der Waals surface area contributed by atoms with Crippen molar-refractivity contribution in [3.63, 3.8) is 0 Å². The maximum Gasteiger partial charge on any atom is 0.220 e. The zero-order valence-electron chi connectivity index (χ0n) is 11.7. The highest BCUT2D eigenvalue weighted by Gasteiger charge is 2.18. The van der Waals surface area contributed by atoms with Gasteiger partial charge in [-0.05, 0) is 34.8 Å². The zero-order chi connectivity index (χ0) is 14.5. The summed E-state index contributed by atoms with van der Waals surface area (Å²) in [6, 6.07) is 9.98. The van der Waals surface area contributed by atoms with E-state index in [0.29, 0.717) is 0 Å². The van der Waals surface area contributed by atoms with E-state index in [1.165, 1.54) is 12.2 Å². The Hall–Kier alpha value is -2.35. The molecule has 1 N–H and O–H groups in total. The fraction of sp³-hybridized carbons (Fsp3) is 0.167. The summed E-state index contributed by atoms with van der Waals surface area (Å²) >= 11 is 0. The van der Waals surface area contributed by atoms with E-state index in [1.54, 1.807) is 0 Å². The van der Waals surface area contributed by atoms with Crippen molar-refractivity contribution in [1.29, 1.82) is 0 Å². The molecule has 1 aliphatic rings. The van der Waals surface area contributed by atoms with Crippen molar-refractivity contribution in [1.82, 2.24) is 0 Å². The lowest BCUT2D eigenvalue weighted by Crippen LogP contribution is -2.10. The number of hydrogen-bond donors (Lipinski definition) is 1. The first-order valence-corrected chi connectivity index (χ1v) is 6.68. The number of rotatable bonds is 3. The van der Waals surface area contributed by atoms with Crippen LogP contribution in [0.3, 0.4) is 0 Å². The smallest absolute Gasteiger partial charge is 0.220 e. The highest BCUT2D eigenvalue weighted by molar-refractivity contribution is 6.05. The highest BCUT2D eigenvalue weighted by atomic mass is 16.3. The van der Waals surface area contributed by atoms with Gasteiger partial charge in [-0.2, -0.15) is 0 Å². The first kappa shape index (κ1) is 14.1. The molecular formula is C18H18O2. The van der Waals surface area contributed by atoms with Gasteiger partial charge in [0.2, 0.25) is 5.78 Å². The lowest BCUT2D eigenvalue weighted by molar-refractivity contribution is -0.113. The number of aliphatic hydroxyl groups excluding tert-OH is 1. The van der Waals surface area contributed by atoms with Crippen LogP contribution < -0.4 is 0 Å². The Morgan fingerprint density at radius 3 is 2.45 bits per heavy atom. The van der Waals surface area contributed by atoms with Crippen LogP contribution in [-0.2, 0) is 4.79 Å². The number of carbonyl (C=O) groups excluding carboxylic acids is 1. The van der Waals surface area contributed by atoms with E-state index in [9.17, 15) is 9.90 Å². The van der Waals surface area contributed by atoms with Crippen LogP contribution in [0.1, 0.15) is 19.4 Å². The summed E-state index contributed by atoms with van der Waals surface area (Å²) in [5.41, 5.74) is 2.94. The Morgan fingerprint density at radius 2 is 1.80 bits per heavy atom. The fourth-order valence-corrected chi connectivity index (χ4v) is 2.07. The molecule has 0 amide bonds. The third-order valence-electron chi connectivity index (χ3n) is 3.15. The summed E-state index contributed by atoms with van der Waals surface area (Å²) in [5.74, 6) is -0.286. The molecule has 0 aliphatic heterocycles. The van der Waals surface area contributed by atoms with E-state index in [4.69, 9.17) is 0 Å². The summed E-state index contributed by atoms with van der Waals surface area (Å²) < 4.78 is 0. The third-order valence-corrected chi connectivity index (χ3v) is 3.15. The summed E-state index contributed by atoms with van der Waals surface area (Å²) in [4.78, 5) is 11.5. The van der Waals surface area contributed by atoms with Crippen LogP contribution in [0.15, 0.2) is 71.5 Å². The lowest BCUT2D eigenvalue weighted by atomic mass is 9.89. The Balaban J connectivity index is 2.25. The average Bonchev–Trinajstić information content (AvgIpc) is 2.43. The quantitative estimate of drug-likeness (QED) is 0.888. The van der Waals surface area contributed by atoms with Crippen LogP contribution in [-0.4, -0.2) is 10.9 Å². The van der Waals surface area contributed by atoms with Crippen molar-refractivity contribution in [3.8, 4) is 0 Å².